The monoisotopic (exact) mass is 466 g/mol. The number of benzene rings is 1. The zero-order chi connectivity index (χ0) is 25.5. The third-order valence-electron chi connectivity index (χ3n) is 5.09. The Morgan fingerprint density at radius 3 is 2.47 bits per heavy atom. The number of carbonyl (C=O) groups is 3. The van der Waals surface area contributed by atoms with Crippen molar-refractivity contribution >= 4 is 29.7 Å². The van der Waals surface area contributed by atoms with Crippen LogP contribution in [0, 0.1) is 17.2 Å². The van der Waals surface area contributed by atoms with E-state index in [1.807, 2.05) is 6.07 Å². The molecule has 0 saturated heterocycles. The zero-order valence-corrected chi connectivity index (χ0v) is 20.4. The van der Waals surface area contributed by atoms with Crippen molar-refractivity contribution in [1.82, 2.24) is 0 Å². The molecule has 2 atom stereocenters. The summed E-state index contributed by atoms with van der Waals surface area (Å²) in [4.78, 5) is 42.5. The van der Waals surface area contributed by atoms with Crippen LogP contribution < -0.4 is 0 Å². The molecule has 8 heteroatoms. The van der Waals surface area contributed by atoms with E-state index in [0.29, 0.717) is 22.5 Å². The van der Waals surface area contributed by atoms with Crippen LogP contribution in [-0.4, -0.2) is 42.9 Å². The van der Waals surface area contributed by atoms with Gasteiger partial charge in [0.15, 0.2) is 0 Å². The van der Waals surface area contributed by atoms with Gasteiger partial charge in [-0.15, -0.1) is 0 Å². The topological polar surface area (TPSA) is 115 Å². The summed E-state index contributed by atoms with van der Waals surface area (Å²) in [5.74, 6) is -3.36. The second-order valence-corrected chi connectivity index (χ2v) is 8.77. The Morgan fingerprint density at radius 1 is 1.18 bits per heavy atom. The van der Waals surface area contributed by atoms with Gasteiger partial charge in [-0.25, -0.2) is 9.59 Å². The molecular formula is C26H30N2O6. The Hall–Kier alpha value is -3.73. The molecule has 0 radical (unpaired) electrons. The fourth-order valence-corrected chi connectivity index (χ4v) is 3.78. The Kier molecular flexibility index (Phi) is 8.90. The summed E-state index contributed by atoms with van der Waals surface area (Å²) < 4.78 is 15.7. The van der Waals surface area contributed by atoms with Gasteiger partial charge in [-0.1, -0.05) is 24.3 Å². The van der Waals surface area contributed by atoms with Crippen molar-refractivity contribution in [1.29, 1.82) is 5.26 Å². The standard InChI is InChI=1S/C26H30N2O6/c1-16-21(24(30)32-6)23(22(17(2)28-16)25(31)33-15-9-14-27)19-11-8-7-10-18(19)12-13-20(29)34-26(3,4)5/h7-8,10-13,21,23H,9,15H2,1-6H3. The number of methoxy groups -OCH3 is 1. The number of nitriles is 1. The number of hydrogen-bond donors (Lipinski definition) is 0. The van der Waals surface area contributed by atoms with Crippen LogP contribution in [0.4, 0.5) is 0 Å². The maximum absolute atomic E-state index is 13.1. The predicted molar refractivity (Wildman–Crippen MR) is 127 cm³/mol. The van der Waals surface area contributed by atoms with Crippen LogP contribution in [-0.2, 0) is 28.6 Å². The number of hydrogen-bond acceptors (Lipinski definition) is 8. The van der Waals surface area contributed by atoms with Crippen LogP contribution in [0.1, 0.15) is 58.1 Å². The molecule has 1 aromatic carbocycles. The molecule has 0 spiro atoms. The van der Waals surface area contributed by atoms with Crippen LogP contribution >= 0.6 is 0 Å². The van der Waals surface area contributed by atoms with Gasteiger partial charge in [-0.05, 0) is 51.8 Å². The number of ether oxygens (including phenoxy) is 3. The van der Waals surface area contributed by atoms with Crippen molar-refractivity contribution < 1.29 is 28.6 Å². The molecule has 34 heavy (non-hydrogen) atoms. The van der Waals surface area contributed by atoms with Crippen LogP contribution in [0.2, 0.25) is 0 Å². The van der Waals surface area contributed by atoms with Crippen LogP contribution in [0.15, 0.2) is 46.6 Å². The molecule has 0 amide bonds. The Morgan fingerprint density at radius 2 is 1.85 bits per heavy atom. The number of allylic oxidation sites excluding steroid dienone is 1. The first-order valence-corrected chi connectivity index (χ1v) is 10.9. The minimum Gasteiger partial charge on any atom is -0.468 e. The fraction of sp³-hybridized carbons (Fsp3) is 0.423. The highest BCUT2D eigenvalue weighted by atomic mass is 16.6. The van der Waals surface area contributed by atoms with E-state index in [1.165, 1.54) is 13.2 Å². The normalized spacial score (nSPS) is 18.2. The van der Waals surface area contributed by atoms with Crippen molar-refractivity contribution in [2.24, 2.45) is 10.9 Å². The lowest BCUT2D eigenvalue weighted by Gasteiger charge is -2.32. The lowest BCUT2D eigenvalue weighted by Crippen LogP contribution is -2.36. The summed E-state index contributed by atoms with van der Waals surface area (Å²) in [5.41, 5.74) is 1.71. The molecule has 180 valence electrons. The Bertz CT molecular complexity index is 1090. The molecule has 0 N–H and O–H groups in total. The number of carbonyl (C=O) groups excluding carboxylic acids is 3. The van der Waals surface area contributed by atoms with Crippen LogP contribution in [0.3, 0.4) is 0 Å². The van der Waals surface area contributed by atoms with Crippen molar-refractivity contribution in [3.8, 4) is 6.07 Å². The summed E-state index contributed by atoms with van der Waals surface area (Å²) in [5, 5.41) is 8.78. The SMILES string of the molecule is COC(=O)C1C(C)=NC(C)=C(C(=O)OCCC#N)C1c1ccccc1C=CC(=O)OC(C)(C)C. The van der Waals surface area contributed by atoms with Gasteiger partial charge in [0.25, 0.3) is 0 Å². The molecule has 0 fully saturated rings. The number of rotatable bonds is 7. The first-order chi connectivity index (χ1) is 16.0. The Labute approximate surface area is 199 Å². The third kappa shape index (κ3) is 6.64. The minimum absolute atomic E-state index is 0.0423. The van der Waals surface area contributed by atoms with Crippen molar-refractivity contribution in [2.45, 2.75) is 52.6 Å². The highest BCUT2D eigenvalue weighted by Gasteiger charge is 2.42. The van der Waals surface area contributed by atoms with Crippen molar-refractivity contribution in [3.05, 3.63) is 52.7 Å². The average Bonchev–Trinajstić information content (AvgIpc) is 2.75. The summed E-state index contributed by atoms with van der Waals surface area (Å²) >= 11 is 0. The molecule has 1 aliphatic rings. The van der Waals surface area contributed by atoms with E-state index in [2.05, 4.69) is 4.99 Å². The largest absolute Gasteiger partial charge is 0.468 e. The summed E-state index contributed by atoms with van der Waals surface area (Å²) in [7, 11) is 1.27. The molecule has 0 saturated carbocycles. The molecule has 1 aliphatic heterocycles. The van der Waals surface area contributed by atoms with Gasteiger partial charge in [0.1, 0.15) is 18.1 Å². The quantitative estimate of drug-likeness (QED) is 0.257. The van der Waals surface area contributed by atoms with E-state index in [4.69, 9.17) is 19.5 Å². The number of esters is 3. The third-order valence-corrected chi connectivity index (χ3v) is 5.09. The molecule has 2 rings (SSSR count). The molecule has 0 aliphatic carbocycles. The van der Waals surface area contributed by atoms with E-state index in [-0.39, 0.29) is 18.6 Å². The Balaban J connectivity index is 2.60. The van der Waals surface area contributed by atoms with E-state index in [9.17, 15) is 14.4 Å². The van der Waals surface area contributed by atoms with Crippen LogP contribution in [0.25, 0.3) is 6.08 Å². The smallest absolute Gasteiger partial charge is 0.336 e. The lowest BCUT2D eigenvalue weighted by molar-refractivity contribution is -0.148. The maximum atomic E-state index is 13.1. The lowest BCUT2D eigenvalue weighted by atomic mass is 9.74. The molecule has 8 nitrogen and oxygen atoms in total. The van der Waals surface area contributed by atoms with Gasteiger partial charge >= 0.3 is 17.9 Å². The number of nitrogens with zero attached hydrogens (tertiary/aromatic N) is 2. The van der Waals surface area contributed by atoms with E-state index >= 15 is 0 Å². The second-order valence-electron chi connectivity index (χ2n) is 8.77. The highest BCUT2D eigenvalue weighted by Crippen LogP contribution is 2.41. The number of aliphatic imine (C=N–C) groups is 1. The average molecular weight is 467 g/mol. The summed E-state index contributed by atoms with van der Waals surface area (Å²) in [6.07, 6.45) is 2.94. The van der Waals surface area contributed by atoms with Gasteiger partial charge in [-0.3, -0.25) is 9.79 Å². The summed E-state index contributed by atoms with van der Waals surface area (Å²) in [6.45, 7) is 8.62. The van der Waals surface area contributed by atoms with E-state index in [0.717, 1.165) is 0 Å². The second kappa shape index (κ2) is 11.4. The van der Waals surface area contributed by atoms with E-state index < -0.39 is 35.3 Å². The molecule has 2 unspecified atom stereocenters. The summed E-state index contributed by atoms with van der Waals surface area (Å²) in [6, 6.07) is 9.06. The highest BCUT2D eigenvalue weighted by molar-refractivity contribution is 6.07. The van der Waals surface area contributed by atoms with Gasteiger partial charge in [-0.2, -0.15) is 5.26 Å². The molecular weight excluding hydrogens is 436 g/mol. The molecule has 0 bridgehead atoms. The molecule has 0 aromatic heterocycles. The van der Waals surface area contributed by atoms with Crippen molar-refractivity contribution in [3.63, 3.8) is 0 Å². The minimum atomic E-state index is -0.872. The zero-order valence-electron chi connectivity index (χ0n) is 20.4. The first-order valence-electron chi connectivity index (χ1n) is 10.9. The molecule has 1 heterocycles. The van der Waals surface area contributed by atoms with Crippen LogP contribution in [0.5, 0.6) is 0 Å². The predicted octanol–water partition coefficient (Wildman–Crippen LogP) is 4.12. The van der Waals surface area contributed by atoms with Gasteiger partial charge in [0.2, 0.25) is 0 Å². The van der Waals surface area contributed by atoms with Gasteiger partial charge < -0.3 is 14.2 Å². The maximum Gasteiger partial charge on any atom is 0.336 e. The van der Waals surface area contributed by atoms with E-state index in [1.54, 1.807) is 65.0 Å². The fourth-order valence-electron chi connectivity index (χ4n) is 3.78. The first kappa shape index (κ1) is 26.5. The van der Waals surface area contributed by atoms with Crippen molar-refractivity contribution in [2.75, 3.05) is 13.7 Å². The molecule has 1 aromatic rings. The van der Waals surface area contributed by atoms with Gasteiger partial charge in [0, 0.05) is 23.4 Å². The van der Waals surface area contributed by atoms with Gasteiger partial charge in [0.05, 0.1) is 25.2 Å².